The first-order valence-electron chi connectivity index (χ1n) is 6.98. The summed E-state index contributed by atoms with van der Waals surface area (Å²) in [5.74, 6) is 0.694. The molecule has 1 aromatic heterocycles. The molecule has 0 saturated carbocycles. The van der Waals surface area contributed by atoms with Crippen molar-refractivity contribution in [2.45, 2.75) is 45.6 Å². The average molecular weight is 287 g/mol. The fourth-order valence-corrected chi connectivity index (χ4v) is 1.81. The Balaban J connectivity index is 2.22. The highest BCUT2D eigenvalue weighted by Gasteiger charge is 2.10. The lowest BCUT2D eigenvalue weighted by Gasteiger charge is -2.08. The number of guanidine groups is 1. The summed E-state index contributed by atoms with van der Waals surface area (Å²) >= 11 is 0. The van der Waals surface area contributed by atoms with Gasteiger partial charge in [-0.05, 0) is 6.42 Å². The number of aromatic nitrogens is 2. The van der Waals surface area contributed by atoms with E-state index < -0.39 is 6.55 Å². The third-order valence-electron chi connectivity index (χ3n) is 2.91. The van der Waals surface area contributed by atoms with Gasteiger partial charge in [0.05, 0.1) is 0 Å². The molecule has 3 N–H and O–H groups in total. The molecule has 5 nitrogen and oxygen atoms in total. The molecule has 0 aliphatic heterocycles. The van der Waals surface area contributed by atoms with E-state index in [1.165, 1.54) is 25.2 Å². The van der Waals surface area contributed by atoms with Gasteiger partial charge in [-0.2, -0.15) is 8.78 Å². The third-order valence-corrected chi connectivity index (χ3v) is 2.91. The van der Waals surface area contributed by atoms with Crippen molar-refractivity contribution in [3.63, 3.8) is 0 Å². The molecule has 0 aromatic carbocycles. The molecule has 0 spiro atoms. The summed E-state index contributed by atoms with van der Waals surface area (Å²) in [4.78, 5) is 8.07. The molecule has 7 heteroatoms. The predicted molar refractivity (Wildman–Crippen MR) is 75.8 cm³/mol. The molecular weight excluding hydrogens is 264 g/mol. The van der Waals surface area contributed by atoms with Gasteiger partial charge in [0.1, 0.15) is 5.82 Å². The van der Waals surface area contributed by atoms with Gasteiger partial charge in [0.25, 0.3) is 0 Å². The molecule has 0 fully saturated rings. The van der Waals surface area contributed by atoms with Crippen LogP contribution in [0.1, 0.15) is 45.0 Å². The van der Waals surface area contributed by atoms with Gasteiger partial charge in [-0.15, -0.1) is 0 Å². The molecule has 1 aromatic rings. The number of nitrogens with one attached hydrogen (secondary N) is 1. The molecule has 20 heavy (non-hydrogen) atoms. The Morgan fingerprint density at radius 3 is 2.95 bits per heavy atom. The van der Waals surface area contributed by atoms with Crippen molar-refractivity contribution >= 4 is 5.96 Å². The minimum atomic E-state index is -2.56. The van der Waals surface area contributed by atoms with Crippen molar-refractivity contribution in [1.29, 1.82) is 0 Å². The van der Waals surface area contributed by atoms with Crippen LogP contribution in [0.5, 0.6) is 0 Å². The first kappa shape index (κ1) is 16.4. The summed E-state index contributed by atoms with van der Waals surface area (Å²) in [5, 5.41) is 2.91. The molecule has 0 saturated heterocycles. The molecule has 114 valence electrons. The lowest BCUT2D eigenvalue weighted by molar-refractivity contribution is 0.0670. The van der Waals surface area contributed by atoms with Crippen LogP contribution in [0.25, 0.3) is 0 Å². The Kier molecular flexibility index (Phi) is 7.60. The van der Waals surface area contributed by atoms with Gasteiger partial charge in [0.2, 0.25) is 0 Å². The molecule has 0 atom stereocenters. The van der Waals surface area contributed by atoms with Gasteiger partial charge < -0.3 is 11.1 Å². The first-order chi connectivity index (χ1) is 9.65. The number of aliphatic imine (C=N–C) groups is 1. The van der Waals surface area contributed by atoms with E-state index in [-0.39, 0.29) is 0 Å². The fourth-order valence-electron chi connectivity index (χ4n) is 1.81. The molecule has 0 radical (unpaired) electrons. The van der Waals surface area contributed by atoms with Gasteiger partial charge in [0, 0.05) is 31.9 Å². The second-order valence-electron chi connectivity index (χ2n) is 4.53. The van der Waals surface area contributed by atoms with Crippen LogP contribution in [-0.4, -0.2) is 28.6 Å². The predicted octanol–water partition coefficient (Wildman–Crippen LogP) is 2.31. The lowest BCUT2D eigenvalue weighted by atomic mass is 10.2. The van der Waals surface area contributed by atoms with Crippen LogP contribution in [0.15, 0.2) is 17.4 Å². The second kappa shape index (κ2) is 9.28. The number of unbranched alkanes of at least 4 members (excludes halogenated alkanes) is 3. The largest absolute Gasteiger partial charge is 0.370 e. The summed E-state index contributed by atoms with van der Waals surface area (Å²) < 4.78 is 26.0. The van der Waals surface area contributed by atoms with Crippen molar-refractivity contribution < 1.29 is 8.78 Å². The van der Waals surface area contributed by atoms with Crippen molar-refractivity contribution in [3.05, 3.63) is 18.2 Å². The van der Waals surface area contributed by atoms with E-state index in [2.05, 4.69) is 22.2 Å². The number of nitrogens with zero attached hydrogens (tertiary/aromatic N) is 3. The molecule has 0 aliphatic rings. The minimum absolute atomic E-state index is 0.336. The van der Waals surface area contributed by atoms with E-state index in [1.807, 2.05) is 0 Å². The molecule has 0 amide bonds. The first-order valence-corrected chi connectivity index (χ1v) is 6.98. The van der Waals surface area contributed by atoms with E-state index in [4.69, 9.17) is 5.73 Å². The van der Waals surface area contributed by atoms with Crippen LogP contribution >= 0.6 is 0 Å². The van der Waals surface area contributed by atoms with E-state index in [0.717, 1.165) is 17.4 Å². The highest BCUT2D eigenvalue weighted by molar-refractivity contribution is 5.77. The highest BCUT2D eigenvalue weighted by Crippen LogP contribution is 2.12. The van der Waals surface area contributed by atoms with E-state index in [9.17, 15) is 8.78 Å². The van der Waals surface area contributed by atoms with Gasteiger partial charge >= 0.3 is 6.55 Å². The standard InChI is InChI=1S/C13H23F2N5/c1-2-3-4-5-7-18-13(16)19-8-6-11-17-9-10-20(11)12(14)15/h9-10,12H,2-8H2,1H3,(H3,16,18,19). The second-order valence-corrected chi connectivity index (χ2v) is 4.53. The minimum Gasteiger partial charge on any atom is -0.370 e. The molecule has 1 heterocycles. The van der Waals surface area contributed by atoms with E-state index in [1.54, 1.807) is 0 Å². The van der Waals surface area contributed by atoms with Crippen molar-refractivity contribution in [2.24, 2.45) is 10.7 Å². The van der Waals surface area contributed by atoms with Crippen molar-refractivity contribution in [3.8, 4) is 0 Å². The monoisotopic (exact) mass is 287 g/mol. The van der Waals surface area contributed by atoms with Crippen LogP contribution in [0, 0.1) is 0 Å². The Morgan fingerprint density at radius 2 is 2.25 bits per heavy atom. The van der Waals surface area contributed by atoms with Crippen LogP contribution in [0.2, 0.25) is 0 Å². The Morgan fingerprint density at radius 1 is 1.45 bits per heavy atom. The number of hydrogen-bond acceptors (Lipinski definition) is 2. The number of halogens is 2. The smallest absolute Gasteiger partial charge is 0.319 e. The summed E-state index contributed by atoms with van der Waals surface area (Å²) in [6, 6.07) is 0. The zero-order chi connectivity index (χ0) is 14.8. The quantitative estimate of drug-likeness (QED) is 0.416. The van der Waals surface area contributed by atoms with Gasteiger partial charge in [-0.25, -0.2) is 4.98 Å². The van der Waals surface area contributed by atoms with Crippen molar-refractivity contribution in [2.75, 3.05) is 13.1 Å². The number of imidazole rings is 1. The Hall–Kier alpha value is -1.66. The molecular formula is C13H23F2N5. The van der Waals surface area contributed by atoms with Gasteiger partial charge in [0.15, 0.2) is 5.96 Å². The third kappa shape index (κ3) is 5.99. The number of alkyl halides is 2. The van der Waals surface area contributed by atoms with Gasteiger partial charge in [-0.1, -0.05) is 26.2 Å². The maximum atomic E-state index is 12.6. The summed E-state index contributed by atoms with van der Waals surface area (Å²) in [7, 11) is 0. The highest BCUT2D eigenvalue weighted by atomic mass is 19.3. The maximum absolute atomic E-state index is 12.6. The summed E-state index contributed by atoms with van der Waals surface area (Å²) in [5.41, 5.74) is 5.69. The van der Waals surface area contributed by atoms with Crippen molar-refractivity contribution in [1.82, 2.24) is 14.9 Å². The fraction of sp³-hybridized carbons (Fsp3) is 0.692. The van der Waals surface area contributed by atoms with Crippen LogP contribution in [0.4, 0.5) is 8.78 Å². The normalized spacial score (nSPS) is 12.1. The van der Waals surface area contributed by atoms with E-state index in [0.29, 0.717) is 31.3 Å². The summed E-state index contributed by atoms with van der Waals surface area (Å²) in [6.45, 7) is 0.734. The number of hydrogen-bond donors (Lipinski definition) is 2. The molecule has 1 rings (SSSR count). The number of rotatable bonds is 9. The molecule has 0 aliphatic carbocycles. The Labute approximate surface area is 118 Å². The van der Waals surface area contributed by atoms with Crippen LogP contribution < -0.4 is 11.1 Å². The number of nitrogens with two attached hydrogens (primary N) is 1. The SMILES string of the molecule is CCCCCCN=C(N)NCCc1nccn1C(F)F. The van der Waals surface area contributed by atoms with E-state index >= 15 is 0 Å². The van der Waals surface area contributed by atoms with Crippen LogP contribution in [-0.2, 0) is 6.42 Å². The average Bonchev–Trinajstić information content (AvgIpc) is 2.87. The zero-order valence-corrected chi connectivity index (χ0v) is 11.9. The molecule has 0 unspecified atom stereocenters. The lowest BCUT2D eigenvalue weighted by Crippen LogP contribution is -2.33. The van der Waals surface area contributed by atoms with Gasteiger partial charge in [-0.3, -0.25) is 9.56 Å². The van der Waals surface area contributed by atoms with Crippen LogP contribution in [0.3, 0.4) is 0 Å². The molecule has 0 bridgehead atoms. The maximum Gasteiger partial charge on any atom is 0.319 e. The zero-order valence-electron chi connectivity index (χ0n) is 11.9. The summed E-state index contributed by atoms with van der Waals surface area (Å²) in [6.07, 6.45) is 7.58. The Bertz CT molecular complexity index is 403. The topological polar surface area (TPSA) is 68.2 Å².